The number of rotatable bonds is 2. The topological polar surface area (TPSA) is 17.8 Å². The second-order valence-electron chi connectivity index (χ2n) is 4.62. The van der Waals surface area contributed by atoms with Crippen LogP contribution in [0.5, 0.6) is 0 Å². The van der Waals surface area contributed by atoms with Gasteiger partial charge in [-0.25, -0.2) is 0 Å². The minimum Gasteiger partial charge on any atom is -0.310 e. The molecule has 0 aliphatic rings. The third-order valence-electron chi connectivity index (χ3n) is 3.38. The van der Waals surface area contributed by atoms with Crippen LogP contribution in [-0.4, -0.2) is 9.55 Å². The molecular formula is C18H16N2. The Hall–Kier alpha value is -2.61. The van der Waals surface area contributed by atoms with Gasteiger partial charge in [0.05, 0.1) is 5.52 Å². The van der Waals surface area contributed by atoms with Crippen LogP contribution < -0.4 is 10.6 Å². The summed E-state index contributed by atoms with van der Waals surface area (Å²) in [5.41, 5.74) is 2.25. The SMILES string of the molecule is C=c1/c(=C\C=C/C)c2cnccc2n1-c1ccccc1. The highest BCUT2D eigenvalue weighted by atomic mass is 15.0. The highest BCUT2D eigenvalue weighted by Gasteiger charge is 2.07. The van der Waals surface area contributed by atoms with Crippen LogP contribution in [0, 0.1) is 0 Å². The highest BCUT2D eigenvalue weighted by molar-refractivity contribution is 5.83. The van der Waals surface area contributed by atoms with E-state index in [1.807, 2.05) is 55.7 Å². The minimum absolute atomic E-state index is 0.984. The lowest BCUT2D eigenvalue weighted by Crippen LogP contribution is -2.26. The van der Waals surface area contributed by atoms with E-state index in [2.05, 4.69) is 34.3 Å². The van der Waals surface area contributed by atoms with Gasteiger partial charge in [0.15, 0.2) is 0 Å². The van der Waals surface area contributed by atoms with Crippen molar-refractivity contribution < 1.29 is 0 Å². The van der Waals surface area contributed by atoms with Crippen LogP contribution in [0.1, 0.15) is 6.92 Å². The molecule has 3 aromatic rings. The molecule has 2 heterocycles. The molecular weight excluding hydrogens is 244 g/mol. The van der Waals surface area contributed by atoms with E-state index in [1.54, 1.807) is 0 Å². The average Bonchev–Trinajstić information content (AvgIpc) is 2.78. The summed E-state index contributed by atoms with van der Waals surface area (Å²) in [5, 5.41) is 3.23. The standard InChI is InChI=1S/C18H16N2/c1-3-4-10-16-14(2)20(15-8-6-5-7-9-15)18-11-12-19-13-17(16)18/h3-13H,2H2,1H3/b4-3-,16-10+. The zero-order chi connectivity index (χ0) is 13.9. The van der Waals surface area contributed by atoms with Crippen molar-refractivity contribution in [1.82, 2.24) is 9.55 Å². The lowest BCUT2D eigenvalue weighted by atomic mass is 10.2. The zero-order valence-corrected chi connectivity index (χ0v) is 11.5. The molecule has 0 aliphatic heterocycles. The summed E-state index contributed by atoms with van der Waals surface area (Å²) in [6.45, 7) is 6.26. The van der Waals surface area contributed by atoms with Crippen molar-refractivity contribution in [2.24, 2.45) is 0 Å². The molecule has 2 heteroatoms. The number of fused-ring (bicyclic) bond motifs is 1. The summed E-state index contributed by atoms with van der Waals surface area (Å²) >= 11 is 0. The average molecular weight is 260 g/mol. The molecule has 98 valence electrons. The van der Waals surface area contributed by atoms with Gasteiger partial charge in [0, 0.05) is 34.0 Å². The molecule has 20 heavy (non-hydrogen) atoms. The Labute approximate surface area is 118 Å². The molecule has 0 amide bonds. The number of hydrogen-bond acceptors (Lipinski definition) is 1. The number of hydrogen-bond donors (Lipinski definition) is 0. The van der Waals surface area contributed by atoms with Crippen molar-refractivity contribution in [2.45, 2.75) is 6.92 Å². The van der Waals surface area contributed by atoms with Crippen LogP contribution in [-0.2, 0) is 0 Å². The summed E-state index contributed by atoms with van der Waals surface area (Å²) in [7, 11) is 0. The van der Waals surface area contributed by atoms with Crippen molar-refractivity contribution in [1.29, 1.82) is 0 Å². The van der Waals surface area contributed by atoms with E-state index in [0.29, 0.717) is 0 Å². The first-order valence-corrected chi connectivity index (χ1v) is 6.64. The van der Waals surface area contributed by atoms with E-state index < -0.39 is 0 Å². The third-order valence-corrected chi connectivity index (χ3v) is 3.38. The Morgan fingerprint density at radius 2 is 1.95 bits per heavy atom. The second-order valence-corrected chi connectivity index (χ2v) is 4.62. The molecule has 0 N–H and O–H groups in total. The molecule has 0 atom stereocenters. The van der Waals surface area contributed by atoms with Gasteiger partial charge < -0.3 is 4.57 Å². The molecule has 0 saturated heterocycles. The molecule has 0 aliphatic carbocycles. The first-order chi connectivity index (χ1) is 9.83. The molecule has 0 unspecified atom stereocenters. The number of pyridine rings is 1. The van der Waals surface area contributed by atoms with Gasteiger partial charge in [-0.2, -0.15) is 0 Å². The maximum Gasteiger partial charge on any atom is 0.0571 e. The van der Waals surface area contributed by atoms with Gasteiger partial charge in [-0.15, -0.1) is 0 Å². The van der Waals surface area contributed by atoms with E-state index in [0.717, 1.165) is 27.2 Å². The van der Waals surface area contributed by atoms with Crippen molar-refractivity contribution >= 4 is 23.6 Å². The fourth-order valence-electron chi connectivity index (χ4n) is 2.46. The Balaban J connectivity index is 2.46. The Bertz CT molecular complexity index is 871. The van der Waals surface area contributed by atoms with E-state index in [1.165, 1.54) is 0 Å². The van der Waals surface area contributed by atoms with Crippen LogP contribution >= 0.6 is 0 Å². The predicted molar refractivity (Wildman–Crippen MR) is 85.1 cm³/mol. The van der Waals surface area contributed by atoms with Gasteiger partial charge >= 0.3 is 0 Å². The van der Waals surface area contributed by atoms with Crippen molar-refractivity contribution in [3.8, 4) is 5.69 Å². The fourth-order valence-corrected chi connectivity index (χ4v) is 2.46. The summed E-state index contributed by atoms with van der Waals surface area (Å²) in [6, 6.07) is 12.3. The number of nitrogens with zero attached hydrogens (tertiary/aromatic N) is 2. The third kappa shape index (κ3) is 1.95. The summed E-state index contributed by atoms with van der Waals surface area (Å²) < 4.78 is 2.17. The minimum atomic E-state index is 0.984. The van der Waals surface area contributed by atoms with Crippen LogP contribution in [0.2, 0.25) is 0 Å². The quantitative estimate of drug-likeness (QED) is 0.693. The Morgan fingerprint density at radius 1 is 1.15 bits per heavy atom. The molecule has 2 nitrogen and oxygen atoms in total. The molecule has 0 saturated carbocycles. The Morgan fingerprint density at radius 3 is 2.70 bits per heavy atom. The van der Waals surface area contributed by atoms with Gasteiger partial charge in [-0.1, -0.05) is 43.0 Å². The normalized spacial score (nSPS) is 12.6. The van der Waals surface area contributed by atoms with Crippen LogP contribution in [0.15, 0.2) is 60.9 Å². The first-order valence-electron chi connectivity index (χ1n) is 6.64. The maximum atomic E-state index is 4.26. The maximum absolute atomic E-state index is 4.26. The molecule has 0 fully saturated rings. The monoisotopic (exact) mass is 260 g/mol. The van der Waals surface area contributed by atoms with E-state index >= 15 is 0 Å². The van der Waals surface area contributed by atoms with Gasteiger partial charge in [-0.05, 0) is 25.1 Å². The molecule has 0 spiro atoms. The molecule has 0 radical (unpaired) electrons. The van der Waals surface area contributed by atoms with E-state index in [9.17, 15) is 0 Å². The smallest absolute Gasteiger partial charge is 0.0571 e. The highest BCUT2D eigenvalue weighted by Crippen LogP contribution is 2.13. The molecule has 1 aromatic carbocycles. The Kier molecular flexibility index (Phi) is 3.21. The molecule has 2 aromatic heterocycles. The van der Waals surface area contributed by atoms with Gasteiger partial charge in [0.1, 0.15) is 0 Å². The lowest BCUT2D eigenvalue weighted by Gasteiger charge is -2.05. The predicted octanol–water partition coefficient (Wildman–Crippen LogP) is 2.79. The first kappa shape index (κ1) is 12.4. The number of benzene rings is 1. The van der Waals surface area contributed by atoms with Crippen molar-refractivity contribution in [3.05, 3.63) is 71.5 Å². The largest absolute Gasteiger partial charge is 0.310 e. The fraction of sp³-hybridized carbons (Fsp3) is 0.0556. The zero-order valence-electron chi connectivity index (χ0n) is 11.5. The van der Waals surface area contributed by atoms with Gasteiger partial charge in [0.2, 0.25) is 0 Å². The van der Waals surface area contributed by atoms with E-state index in [-0.39, 0.29) is 0 Å². The second kappa shape index (κ2) is 5.17. The van der Waals surface area contributed by atoms with Crippen molar-refractivity contribution in [2.75, 3.05) is 0 Å². The van der Waals surface area contributed by atoms with Crippen molar-refractivity contribution in [3.63, 3.8) is 0 Å². The summed E-state index contributed by atoms with van der Waals surface area (Å²) in [5.74, 6) is 0. The number of allylic oxidation sites excluding steroid dienone is 2. The van der Waals surface area contributed by atoms with E-state index in [4.69, 9.17) is 0 Å². The van der Waals surface area contributed by atoms with Gasteiger partial charge in [0.25, 0.3) is 0 Å². The van der Waals surface area contributed by atoms with Gasteiger partial charge in [-0.3, -0.25) is 4.98 Å². The number of para-hydroxylation sites is 1. The number of aromatic nitrogens is 2. The van der Waals surface area contributed by atoms with Crippen LogP contribution in [0.25, 0.3) is 29.2 Å². The molecule has 3 rings (SSSR count). The molecule has 0 bridgehead atoms. The summed E-state index contributed by atoms with van der Waals surface area (Å²) in [6.07, 6.45) is 9.86. The lowest BCUT2D eigenvalue weighted by molar-refractivity contribution is 1.07. The summed E-state index contributed by atoms with van der Waals surface area (Å²) in [4.78, 5) is 4.24. The van der Waals surface area contributed by atoms with Crippen LogP contribution in [0.3, 0.4) is 0 Å². The van der Waals surface area contributed by atoms with Crippen LogP contribution in [0.4, 0.5) is 0 Å².